The smallest absolute Gasteiger partial charge is 0.205 e. The van der Waals surface area contributed by atoms with Gasteiger partial charge in [0.1, 0.15) is 5.82 Å². The zero-order valence-electron chi connectivity index (χ0n) is 8.44. The molecule has 14 heavy (non-hydrogen) atoms. The molecule has 2 rings (SSSR count). The highest BCUT2D eigenvalue weighted by Crippen LogP contribution is 2.21. The molecule has 1 saturated heterocycles. The molecule has 0 aliphatic carbocycles. The SMILES string of the molecule is CCc1nsc(N2CCC(N)CC2)n1. The Morgan fingerprint density at radius 1 is 1.50 bits per heavy atom. The number of nitrogens with zero attached hydrogens (tertiary/aromatic N) is 3. The van der Waals surface area contributed by atoms with Crippen LogP contribution in [0.5, 0.6) is 0 Å². The van der Waals surface area contributed by atoms with Gasteiger partial charge in [-0.25, -0.2) is 4.98 Å². The summed E-state index contributed by atoms with van der Waals surface area (Å²) in [6.45, 7) is 4.14. The number of aromatic nitrogens is 2. The molecule has 1 aliphatic rings. The third kappa shape index (κ3) is 2.04. The lowest BCUT2D eigenvalue weighted by Gasteiger charge is -2.29. The van der Waals surface area contributed by atoms with Crippen molar-refractivity contribution in [2.24, 2.45) is 5.73 Å². The van der Waals surface area contributed by atoms with Crippen LogP contribution in [0.1, 0.15) is 25.6 Å². The van der Waals surface area contributed by atoms with Crippen LogP contribution in [0.3, 0.4) is 0 Å². The van der Waals surface area contributed by atoms with E-state index in [1.807, 2.05) is 0 Å². The number of piperidine rings is 1. The van der Waals surface area contributed by atoms with Crippen molar-refractivity contribution < 1.29 is 0 Å². The van der Waals surface area contributed by atoms with Crippen LogP contribution in [0.15, 0.2) is 0 Å². The van der Waals surface area contributed by atoms with Crippen LogP contribution >= 0.6 is 11.5 Å². The fourth-order valence-electron chi connectivity index (χ4n) is 1.61. The molecule has 1 fully saturated rings. The van der Waals surface area contributed by atoms with Gasteiger partial charge in [0, 0.05) is 37.1 Å². The van der Waals surface area contributed by atoms with Crippen molar-refractivity contribution in [1.29, 1.82) is 0 Å². The Hall–Kier alpha value is -0.680. The largest absolute Gasteiger partial charge is 0.347 e. The van der Waals surface area contributed by atoms with E-state index in [9.17, 15) is 0 Å². The number of nitrogens with two attached hydrogens (primary N) is 1. The molecule has 1 aliphatic heterocycles. The van der Waals surface area contributed by atoms with Crippen molar-refractivity contribution in [3.05, 3.63) is 5.82 Å². The van der Waals surface area contributed by atoms with Gasteiger partial charge in [-0.05, 0) is 12.8 Å². The summed E-state index contributed by atoms with van der Waals surface area (Å²) in [6.07, 6.45) is 3.06. The van der Waals surface area contributed by atoms with E-state index in [-0.39, 0.29) is 0 Å². The van der Waals surface area contributed by atoms with Gasteiger partial charge in [0.15, 0.2) is 0 Å². The van der Waals surface area contributed by atoms with Crippen LogP contribution in [-0.2, 0) is 6.42 Å². The van der Waals surface area contributed by atoms with Gasteiger partial charge < -0.3 is 10.6 Å². The third-order valence-corrected chi connectivity index (χ3v) is 3.40. The Morgan fingerprint density at radius 3 is 2.79 bits per heavy atom. The maximum absolute atomic E-state index is 5.85. The molecule has 78 valence electrons. The molecule has 2 heterocycles. The van der Waals surface area contributed by atoms with E-state index in [4.69, 9.17) is 5.73 Å². The summed E-state index contributed by atoms with van der Waals surface area (Å²) in [7, 11) is 0. The predicted molar refractivity (Wildman–Crippen MR) is 58.7 cm³/mol. The molecule has 0 bridgehead atoms. The second kappa shape index (κ2) is 4.23. The van der Waals surface area contributed by atoms with Crippen LogP contribution in [0.2, 0.25) is 0 Å². The highest BCUT2D eigenvalue weighted by atomic mass is 32.1. The van der Waals surface area contributed by atoms with Crippen molar-refractivity contribution in [2.45, 2.75) is 32.2 Å². The van der Waals surface area contributed by atoms with Crippen molar-refractivity contribution in [3.8, 4) is 0 Å². The Balaban J connectivity index is 2.01. The van der Waals surface area contributed by atoms with Crippen molar-refractivity contribution in [2.75, 3.05) is 18.0 Å². The average molecular weight is 212 g/mol. The molecule has 0 aromatic carbocycles. The van der Waals surface area contributed by atoms with Gasteiger partial charge in [-0.3, -0.25) is 0 Å². The third-order valence-electron chi connectivity index (χ3n) is 2.58. The molecule has 2 N–H and O–H groups in total. The van der Waals surface area contributed by atoms with Crippen LogP contribution in [0.4, 0.5) is 5.13 Å². The summed E-state index contributed by atoms with van der Waals surface area (Å²) in [5.74, 6) is 0.958. The first-order valence-electron chi connectivity index (χ1n) is 5.12. The van der Waals surface area contributed by atoms with Gasteiger partial charge >= 0.3 is 0 Å². The summed E-state index contributed by atoms with van der Waals surface area (Å²) in [6, 6.07) is 0.379. The topological polar surface area (TPSA) is 55.0 Å². The van der Waals surface area contributed by atoms with Gasteiger partial charge in [-0.1, -0.05) is 6.92 Å². The van der Waals surface area contributed by atoms with Crippen LogP contribution < -0.4 is 10.6 Å². The van der Waals surface area contributed by atoms with Gasteiger partial charge in [-0.2, -0.15) is 4.37 Å². The number of hydrogen-bond acceptors (Lipinski definition) is 5. The fourth-order valence-corrected chi connectivity index (χ4v) is 2.41. The number of aryl methyl sites for hydroxylation is 1. The number of rotatable bonds is 2. The van der Waals surface area contributed by atoms with Crippen LogP contribution in [0, 0.1) is 0 Å². The quantitative estimate of drug-likeness (QED) is 0.795. The first-order chi connectivity index (χ1) is 6.79. The summed E-state index contributed by atoms with van der Waals surface area (Å²) in [4.78, 5) is 6.76. The highest BCUT2D eigenvalue weighted by molar-refractivity contribution is 7.09. The standard InChI is InChI=1S/C9H16N4S/c1-2-8-11-9(14-12-8)13-5-3-7(10)4-6-13/h7H,2-6,10H2,1H3. The average Bonchev–Trinajstić information content (AvgIpc) is 2.67. The molecule has 5 heteroatoms. The molecule has 4 nitrogen and oxygen atoms in total. The van der Waals surface area contributed by atoms with E-state index in [1.54, 1.807) is 0 Å². The normalized spacial score (nSPS) is 18.9. The monoisotopic (exact) mass is 212 g/mol. The zero-order valence-corrected chi connectivity index (χ0v) is 9.26. The van der Waals surface area contributed by atoms with Gasteiger partial charge in [-0.15, -0.1) is 0 Å². The Labute approximate surface area is 88.3 Å². The van der Waals surface area contributed by atoms with E-state index < -0.39 is 0 Å². The van der Waals surface area contributed by atoms with Gasteiger partial charge in [0.2, 0.25) is 5.13 Å². The van der Waals surface area contributed by atoms with E-state index >= 15 is 0 Å². The van der Waals surface area contributed by atoms with Gasteiger partial charge in [0.25, 0.3) is 0 Å². The van der Waals surface area contributed by atoms with E-state index in [0.717, 1.165) is 43.3 Å². The predicted octanol–water partition coefficient (Wildman–Crippen LogP) is 1.03. The molecule has 0 saturated carbocycles. The summed E-state index contributed by atoms with van der Waals surface area (Å²) in [5.41, 5.74) is 5.85. The van der Waals surface area contributed by atoms with Crippen LogP contribution in [-0.4, -0.2) is 28.5 Å². The lowest BCUT2D eigenvalue weighted by Crippen LogP contribution is -2.39. The maximum atomic E-state index is 5.85. The minimum atomic E-state index is 0.379. The second-order valence-corrected chi connectivity index (χ2v) is 4.40. The Bertz CT molecular complexity index is 291. The summed E-state index contributed by atoms with van der Waals surface area (Å²) >= 11 is 1.51. The molecule has 0 radical (unpaired) electrons. The molecule has 0 spiro atoms. The van der Waals surface area contributed by atoms with Crippen molar-refractivity contribution in [3.63, 3.8) is 0 Å². The Morgan fingerprint density at radius 2 is 2.21 bits per heavy atom. The maximum Gasteiger partial charge on any atom is 0.205 e. The van der Waals surface area contributed by atoms with Crippen molar-refractivity contribution in [1.82, 2.24) is 9.36 Å². The van der Waals surface area contributed by atoms with Crippen molar-refractivity contribution >= 4 is 16.7 Å². The van der Waals surface area contributed by atoms with E-state index in [0.29, 0.717) is 6.04 Å². The van der Waals surface area contributed by atoms with E-state index in [2.05, 4.69) is 21.2 Å². The lowest BCUT2D eigenvalue weighted by molar-refractivity contribution is 0.500. The zero-order chi connectivity index (χ0) is 9.97. The number of hydrogen-bond donors (Lipinski definition) is 1. The summed E-state index contributed by atoms with van der Waals surface area (Å²) < 4.78 is 4.29. The molecular formula is C9H16N4S. The molecule has 0 amide bonds. The first kappa shape index (κ1) is 9.86. The summed E-state index contributed by atoms with van der Waals surface area (Å²) in [5, 5.41) is 1.06. The lowest BCUT2D eigenvalue weighted by atomic mass is 10.1. The minimum Gasteiger partial charge on any atom is -0.347 e. The molecule has 0 unspecified atom stereocenters. The molecule has 0 atom stereocenters. The number of anilines is 1. The fraction of sp³-hybridized carbons (Fsp3) is 0.778. The van der Waals surface area contributed by atoms with E-state index in [1.165, 1.54) is 11.5 Å². The highest BCUT2D eigenvalue weighted by Gasteiger charge is 2.18. The molecular weight excluding hydrogens is 196 g/mol. The molecule has 1 aromatic rings. The van der Waals surface area contributed by atoms with Gasteiger partial charge in [0.05, 0.1) is 0 Å². The second-order valence-electron chi connectivity index (χ2n) is 3.67. The molecule has 1 aromatic heterocycles. The first-order valence-corrected chi connectivity index (χ1v) is 5.90. The van der Waals surface area contributed by atoms with Crippen LogP contribution in [0.25, 0.3) is 0 Å². The Kier molecular flexibility index (Phi) is 2.98. The minimum absolute atomic E-state index is 0.379.